The summed E-state index contributed by atoms with van der Waals surface area (Å²) in [5.41, 5.74) is 0.657. The van der Waals surface area contributed by atoms with Crippen molar-refractivity contribution in [2.45, 2.75) is 27.2 Å². The van der Waals surface area contributed by atoms with Crippen molar-refractivity contribution < 1.29 is 14.3 Å². The molecule has 4 heteroatoms. The fraction of sp³-hybridized carbons (Fsp3) is 0.462. The molecule has 0 spiro atoms. The molecule has 1 amide bonds. The molecule has 17 heavy (non-hydrogen) atoms. The van der Waals surface area contributed by atoms with Gasteiger partial charge in [-0.25, -0.2) is 0 Å². The van der Waals surface area contributed by atoms with Crippen LogP contribution in [0.4, 0.5) is 5.69 Å². The van der Waals surface area contributed by atoms with E-state index >= 15 is 0 Å². The van der Waals surface area contributed by atoms with E-state index in [1.54, 1.807) is 12.1 Å². The van der Waals surface area contributed by atoms with Gasteiger partial charge in [-0.2, -0.15) is 0 Å². The van der Waals surface area contributed by atoms with E-state index in [4.69, 9.17) is 9.47 Å². The molecule has 0 aliphatic carbocycles. The van der Waals surface area contributed by atoms with Crippen molar-refractivity contribution in [2.24, 2.45) is 0 Å². The van der Waals surface area contributed by atoms with Gasteiger partial charge in [0.1, 0.15) is 11.5 Å². The molecular weight excluding hydrogens is 218 g/mol. The Bertz CT molecular complexity index is 377. The third-order valence-corrected chi connectivity index (χ3v) is 2.16. The van der Waals surface area contributed by atoms with E-state index in [-0.39, 0.29) is 5.91 Å². The van der Waals surface area contributed by atoms with Gasteiger partial charge >= 0.3 is 0 Å². The second-order valence-electron chi connectivity index (χ2n) is 3.43. The minimum absolute atomic E-state index is 0.0420. The quantitative estimate of drug-likeness (QED) is 0.827. The van der Waals surface area contributed by atoms with E-state index in [1.807, 2.05) is 26.8 Å². The minimum Gasteiger partial charge on any atom is -0.494 e. The lowest BCUT2D eigenvalue weighted by molar-refractivity contribution is -0.115. The highest BCUT2D eigenvalue weighted by Gasteiger charge is 2.08. The summed E-state index contributed by atoms with van der Waals surface area (Å²) in [5.74, 6) is 1.35. The fourth-order valence-electron chi connectivity index (χ4n) is 1.38. The van der Waals surface area contributed by atoms with Crippen LogP contribution < -0.4 is 14.8 Å². The van der Waals surface area contributed by atoms with Crippen LogP contribution in [0.15, 0.2) is 18.2 Å². The lowest BCUT2D eigenvalue weighted by Crippen LogP contribution is -2.11. The molecule has 4 nitrogen and oxygen atoms in total. The molecule has 1 N–H and O–H groups in total. The summed E-state index contributed by atoms with van der Waals surface area (Å²) < 4.78 is 10.8. The summed E-state index contributed by atoms with van der Waals surface area (Å²) in [5, 5.41) is 2.80. The third-order valence-electron chi connectivity index (χ3n) is 2.16. The van der Waals surface area contributed by atoms with Crippen LogP contribution in [0.25, 0.3) is 0 Å². The standard InChI is InChI=1S/C13H19NO3/c1-4-13(15)14-11-9-10(16-5-2)7-8-12(11)17-6-3/h7-9H,4-6H2,1-3H3,(H,14,15). The second kappa shape index (κ2) is 6.78. The van der Waals surface area contributed by atoms with Gasteiger partial charge in [0.25, 0.3) is 0 Å². The van der Waals surface area contributed by atoms with Gasteiger partial charge in [-0.05, 0) is 26.0 Å². The van der Waals surface area contributed by atoms with Crippen LogP contribution in [-0.4, -0.2) is 19.1 Å². The molecule has 0 unspecified atom stereocenters. The topological polar surface area (TPSA) is 47.6 Å². The van der Waals surface area contributed by atoms with Crippen molar-refractivity contribution >= 4 is 11.6 Å². The van der Waals surface area contributed by atoms with Crippen molar-refractivity contribution in [3.63, 3.8) is 0 Å². The minimum atomic E-state index is -0.0420. The van der Waals surface area contributed by atoms with Gasteiger partial charge in [0, 0.05) is 12.5 Å². The molecule has 0 saturated heterocycles. The van der Waals surface area contributed by atoms with Crippen molar-refractivity contribution in [1.29, 1.82) is 0 Å². The van der Waals surface area contributed by atoms with E-state index in [1.165, 1.54) is 0 Å². The molecule has 0 fully saturated rings. The van der Waals surface area contributed by atoms with Gasteiger partial charge in [-0.3, -0.25) is 4.79 Å². The Labute approximate surface area is 102 Å². The molecule has 1 rings (SSSR count). The van der Waals surface area contributed by atoms with Gasteiger partial charge in [0.2, 0.25) is 5.91 Å². The van der Waals surface area contributed by atoms with E-state index < -0.39 is 0 Å². The maximum absolute atomic E-state index is 11.4. The number of anilines is 1. The number of ether oxygens (including phenoxy) is 2. The molecular formula is C13H19NO3. The number of benzene rings is 1. The molecule has 0 heterocycles. The van der Waals surface area contributed by atoms with E-state index in [0.29, 0.717) is 31.1 Å². The average Bonchev–Trinajstić information content (AvgIpc) is 2.33. The van der Waals surface area contributed by atoms with E-state index in [9.17, 15) is 4.79 Å². The van der Waals surface area contributed by atoms with Gasteiger partial charge in [0.15, 0.2) is 0 Å². The SMILES string of the molecule is CCOc1ccc(OCC)c(NC(=O)CC)c1. The Hall–Kier alpha value is -1.71. The molecule has 94 valence electrons. The maximum Gasteiger partial charge on any atom is 0.224 e. The zero-order chi connectivity index (χ0) is 12.7. The van der Waals surface area contributed by atoms with Crippen LogP contribution >= 0.6 is 0 Å². The summed E-state index contributed by atoms with van der Waals surface area (Å²) in [6.07, 6.45) is 0.435. The Kier molecular flexibility index (Phi) is 5.33. The number of carbonyl (C=O) groups excluding carboxylic acids is 1. The number of hydrogen-bond donors (Lipinski definition) is 1. The van der Waals surface area contributed by atoms with Crippen LogP contribution in [0, 0.1) is 0 Å². The van der Waals surface area contributed by atoms with Crippen LogP contribution in [0.5, 0.6) is 11.5 Å². The molecule has 0 aliphatic rings. The lowest BCUT2D eigenvalue weighted by Gasteiger charge is -2.13. The molecule has 0 saturated carbocycles. The van der Waals surface area contributed by atoms with Gasteiger partial charge in [-0.15, -0.1) is 0 Å². The normalized spacial score (nSPS) is 9.82. The average molecular weight is 237 g/mol. The highest BCUT2D eigenvalue weighted by molar-refractivity contribution is 5.92. The van der Waals surface area contributed by atoms with E-state index in [2.05, 4.69) is 5.32 Å². The molecule has 1 aromatic rings. The van der Waals surface area contributed by atoms with Crippen LogP contribution in [0.3, 0.4) is 0 Å². The predicted octanol–water partition coefficient (Wildman–Crippen LogP) is 2.83. The zero-order valence-electron chi connectivity index (χ0n) is 10.6. The molecule has 0 aromatic heterocycles. The smallest absolute Gasteiger partial charge is 0.224 e. The number of amides is 1. The first kappa shape index (κ1) is 13.4. The number of hydrogen-bond acceptors (Lipinski definition) is 3. The summed E-state index contributed by atoms with van der Waals surface area (Å²) in [7, 11) is 0. The first-order valence-corrected chi connectivity index (χ1v) is 5.90. The largest absolute Gasteiger partial charge is 0.494 e. The molecule has 1 aromatic carbocycles. The third kappa shape index (κ3) is 3.98. The Morgan fingerprint density at radius 1 is 1.18 bits per heavy atom. The Morgan fingerprint density at radius 2 is 1.88 bits per heavy atom. The summed E-state index contributed by atoms with van der Waals surface area (Å²) in [6.45, 7) is 6.78. The second-order valence-corrected chi connectivity index (χ2v) is 3.43. The lowest BCUT2D eigenvalue weighted by atomic mass is 10.2. The first-order valence-electron chi connectivity index (χ1n) is 5.90. The van der Waals surface area contributed by atoms with Crippen molar-refractivity contribution in [1.82, 2.24) is 0 Å². The van der Waals surface area contributed by atoms with Crippen molar-refractivity contribution in [3.05, 3.63) is 18.2 Å². The highest BCUT2D eigenvalue weighted by Crippen LogP contribution is 2.29. The predicted molar refractivity (Wildman–Crippen MR) is 67.7 cm³/mol. The summed E-state index contributed by atoms with van der Waals surface area (Å²) in [6, 6.07) is 5.41. The molecule has 0 bridgehead atoms. The number of nitrogens with one attached hydrogen (secondary N) is 1. The highest BCUT2D eigenvalue weighted by atomic mass is 16.5. The van der Waals surface area contributed by atoms with E-state index in [0.717, 1.165) is 5.75 Å². The molecule has 0 aliphatic heterocycles. The molecule has 0 atom stereocenters. The Balaban J connectivity index is 2.93. The fourth-order valence-corrected chi connectivity index (χ4v) is 1.38. The first-order chi connectivity index (χ1) is 8.21. The summed E-state index contributed by atoms with van der Waals surface area (Å²) >= 11 is 0. The van der Waals surface area contributed by atoms with Gasteiger partial charge < -0.3 is 14.8 Å². The van der Waals surface area contributed by atoms with Gasteiger partial charge in [-0.1, -0.05) is 6.92 Å². The number of carbonyl (C=O) groups is 1. The number of rotatable bonds is 6. The zero-order valence-corrected chi connectivity index (χ0v) is 10.6. The van der Waals surface area contributed by atoms with Gasteiger partial charge in [0.05, 0.1) is 18.9 Å². The maximum atomic E-state index is 11.4. The van der Waals surface area contributed by atoms with Crippen molar-refractivity contribution in [2.75, 3.05) is 18.5 Å². The monoisotopic (exact) mass is 237 g/mol. The van der Waals surface area contributed by atoms with Crippen LogP contribution in [0.1, 0.15) is 27.2 Å². The van der Waals surface area contributed by atoms with Crippen molar-refractivity contribution in [3.8, 4) is 11.5 Å². The summed E-state index contributed by atoms with van der Waals surface area (Å²) in [4.78, 5) is 11.4. The van der Waals surface area contributed by atoms with Crippen LogP contribution in [0.2, 0.25) is 0 Å². The molecule has 0 radical (unpaired) electrons. The van der Waals surface area contributed by atoms with Crippen LogP contribution in [-0.2, 0) is 4.79 Å². The Morgan fingerprint density at radius 3 is 2.47 bits per heavy atom.